The first-order valence-corrected chi connectivity index (χ1v) is 17.8. The maximum atomic E-state index is 13.4. The molecule has 50 heavy (non-hydrogen) atoms. The second-order valence-electron chi connectivity index (χ2n) is 16.2. The molecule has 0 bridgehead atoms. The van der Waals surface area contributed by atoms with Crippen LogP contribution in [0.4, 0.5) is 13.2 Å². The van der Waals surface area contributed by atoms with Gasteiger partial charge in [-0.25, -0.2) is 9.97 Å². The number of hydrogen-bond acceptors (Lipinski definition) is 8. The van der Waals surface area contributed by atoms with Gasteiger partial charge in [-0.05, 0) is 97.2 Å². The molecule has 0 spiro atoms. The second kappa shape index (κ2) is 12.8. The van der Waals surface area contributed by atoms with Crippen LogP contribution >= 0.6 is 0 Å². The van der Waals surface area contributed by atoms with Gasteiger partial charge < -0.3 is 29.8 Å². The minimum absolute atomic E-state index is 0.0706. The third kappa shape index (κ3) is 6.98. The zero-order valence-electron chi connectivity index (χ0n) is 29.4. The molecule has 1 unspecified atom stereocenters. The van der Waals surface area contributed by atoms with Gasteiger partial charge in [0, 0.05) is 41.8 Å². The molecule has 2 aromatic heterocycles. The molecule has 4 heterocycles. The fourth-order valence-electron chi connectivity index (χ4n) is 7.41. The summed E-state index contributed by atoms with van der Waals surface area (Å²) in [5.74, 6) is 1.40. The summed E-state index contributed by atoms with van der Waals surface area (Å²) in [4.78, 5) is 25.5. The number of pyridine rings is 1. The molecule has 0 radical (unpaired) electrons. The number of nitrogens with two attached hydrogens (primary N) is 1. The van der Waals surface area contributed by atoms with Crippen LogP contribution in [0.15, 0.2) is 36.4 Å². The minimum Gasteiger partial charge on any atom is -0.477 e. The predicted molar refractivity (Wildman–Crippen MR) is 182 cm³/mol. The lowest BCUT2D eigenvalue weighted by Crippen LogP contribution is -2.49. The predicted octanol–water partition coefficient (Wildman–Crippen LogP) is 5.58. The summed E-state index contributed by atoms with van der Waals surface area (Å²) in [6.07, 6.45) is -0.917. The van der Waals surface area contributed by atoms with Gasteiger partial charge in [-0.15, -0.1) is 0 Å². The first-order valence-electron chi connectivity index (χ1n) is 17.8. The number of hydrogen-bond donors (Lipinski definition) is 2. The van der Waals surface area contributed by atoms with Gasteiger partial charge in [0.1, 0.15) is 5.82 Å². The van der Waals surface area contributed by atoms with Gasteiger partial charge >= 0.3 is 6.18 Å². The van der Waals surface area contributed by atoms with E-state index in [0.717, 1.165) is 61.5 Å². The highest BCUT2D eigenvalue weighted by atomic mass is 19.4. The number of piperidine rings is 1. The molecule has 2 aliphatic heterocycles. The van der Waals surface area contributed by atoms with Crippen molar-refractivity contribution in [3.63, 3.8) is 0 Å². The Morgan fingerprint density at radius 1 is 1.08 bits per heavy atom. The summed E-state index contributed by atoms with van der Waals surface area (Å²) >= 11 is 0. The number of amides is 1. The van der Waals surface area contributed by atoms with Crippen LogP contribution in [0.2, 0.25) is 0 Å². The molecule has 2 saturated carbocycles. The van der Waals surface area contributed by atoms with Crippen LogP contribution < -0.4 is 15.8 Å². The van der Waals surface area contributed by atoms with Gasteiger partial charge in [0.2, 0.25) is 5.88 Å². The van der Waals surface area contributed by atoms with E-state index in [1.165, 1.54) is 0 Å². The van der Waals surface area contributed by atoms with E-state index in [9.17, 15) is 18.0 Å². The van der Waals surface area contributed by atoms with Gasteiger partial charge in [0.15, 0.2) is 0 Å². The number of halogens is 3. The molecular formula is C37H49F3N6O4. The molecule has 10 nitrogen and oxygen atoms in total. The summed E-state index contributed by atoms with van der Waals surface area (Å²) in [7, 11) is 0. The van der Waals surface area contributed by atoms with Crippen LogP contribution in [0, 0.1) is 10.8 Å². The smallest absolute Gasteiger partial charge is 0.395 e. The maximum absolute atomic E-state index is 13.4. The number of alkyl halides is 3. The molecule has 13 heteroatoms. The number of nitrogens with one attached hydrogen (secondary N) is 1. The summed E-state index contributed by atoms with van der Waals surface area (Å²) in [5.41, 5.74) is 5.70. The van der Waals surface area contributed by atoms with E-state index in [0.29, 0.717) is 37.7 Å². The molecule has 3 N–H and O–H groups in total. The summed E-state index contributed by atoms with van der Waals surface area (Å²) in [5, 5.41) is 3.11. The first kappa shape index (κ1) is 35.2. The van der Waals surface area contributed by atoms with Crippen molar-refractivity contribution in [3.05, 3.63) is 53.5 Å². The van der Waals surface area contributed by atoms with Crippen molar-refractivity contribution in [2.24, 2.45) is 16.6 Å². The lowest BCUT2D eigenvalue weighted by molar-refractivity contribution is -0.168. The topological polar surface area (TPSA) is 117 Å². The van der Waals surface area contributed by atoms with Gasteiger partial charge in [0.25, 0.3) is 5.91 Å². The molecule has 4 aliphatic rings. The quantitative estimate of drug-likeness (QED) is 0.224. The maximum Gasteiger partial charge on any atom is 0.395 e. The molecule has 1 amide bonds. The highest BCUT2D eigenvalue weighted by Crippen LogP contribution is 2.90. The van der Waals surface area contributed by atoms with E-state index < -0.39 is 28.1 Å². The zero-order chi connectivity index (χ0) is 35.5. The molecule has 2 aliphatic carbocycles. The standard InChI is InChI=1S/C37H49F3N6O4/c1-33(2,22-50-34(3,4)21-41)44-32(47)25-8-9-28-29(16-25)46(17-26-12-15-48-26)30(42-28)18-45-13-10-24(11-14-45)27-6-5-7-31(43-27)49-23-35-19-36(35,20-35)37(38,39)40/h5-9,16,24,26H,10-15,17-23,41H2,1-4H3,(H,44,47). The number of likely N-dealkylation sites (tertiary alicyclic amines) is 1. The van der Waals surface area contributed by atoms with Crippen LogP contribution in [-0.2, 0) is 22.6 Å². The van der Waals surface area contributed by atoms with Crippen LogP contribution in [0.3, 0.4) is 0 Å². The third-order valence-corrected chi connectivity index (χ3v) is 11.2. The Hall–Kier alpha value is -3.26. The lowest BCUT2D eigenvalue weighted by atomic mass is 9.93. The van der Waals surface area contributed by atoms with Crippen molar-refractivity contribution in [3.8, 4) is 5.88 Å². The lowest BCUT2D eigenvalue weighted by Gasteiger charge is -2.32. The Morgan fingerprint density at radius 3 is 2.46 bits per heavy atom. The Balaban J connectivity index is 0.986. The molecule has 7 rings (SSSR count). The van der Waals surface area contributed by atoms with Crippen LogP contribution in [0.5, 0.6) is 5.88 Å². The highest BCUT2D eigenvalue weighted by Gasteiger charge is 2.93. The molecule has 272 valence electrons. The van der Waals surface area contributed by atoms with Crippen LogP contribution in [0.1, 0.15) is 87.6 Å². The fourth-order valence-corrected chi connectivity index (χ4v) is 7.41. The summed E-state index contributed by atoms with van der Waals surface area (Å²) in [6, 6.07) is 11.3. The number of nitrogens with zero attached hydrogens (tertiary/aromatic N) is 4. The number of imidazole rings is 1. The minimum atomic E-state index is -4.15. The average Bonchev–Trinajstić information content (AvgIpc) is 3.87. The Morgan fingerprint density at radius 2 is 1.82 bits per heavy atom. The number of fused-ring (bicyclic) bond motifs is 2. The number of carbonyl (C=O) groups is 1. The Kier molecular flexibility index (Phi) is 8.96. The van der Waals surface area contributed by atoms with Crippen molar-refractivity contribution in [2.75, 3.05) is 39.5 Å². The van der Waals surface area contributed by atoms with E-state index in [1.807, 2.05) is 58.0 Å². The fraction of sp³-hybridized carbons (Fsp3) is 0.649. The van der Waals surface area contributed by atoms with Gasteiger partial charge in [0.05, 0.1) is 60.0 Å². The number of benzene rings is 1. The van der Waals surface area contributed by atoms with Gasteiger partial charge in [-0.1, -0.05) is 6.07 Å². The van der Waals surface area contributed by atoms with Crippen molar-refractivity contribution in [2.45, 2.75) is 102 Å². The average molecular weight is 699 g/mol. The van der Waals surface area contributed by atoms with E-state index >= 15 is 0 Å². The third-order valence-electron chi connectivity index (χ3n) is 11.2. The summed E-state index contributed by atoms with van der Waals surface area (Å²) < 4.78 is 59.7. The molecule has 3 aromatic rings. The first-order chi connectivity index (χ1) is 23.6. The van der Waals surface area contributed by atoms with Gasteiger partial charge in [-0.2, -0.15) is 13.2 Å². The Bertz CT molecular complexity index is 1720. The van der Waals surface area contributed by atoms with Crippen molar-refractivity contribution in [1.82, 2.24) is 24.8 Å². The molecule has 4 fully saturated rings. The highest BCUT2D eigenvalue weighted by molar-refractivity contribution is 5.97. The monoisotopic (exact) mass is 698 g/mol. The van der Waals surface area contributed by atoms with Crippen LogP contribution in [-0.4, -0.2) is 88.2 Å². The SMILES string of the molecule is CC(C)(COC(C)(C)CN)NC(=O)c1ccc2nc(CN3CCC(c4cccc(OCC56CC5(C(F)(F)F)C6)n4)CC3)n(CC3CCO3)c2c1. The van der Waals surface area contributed by atoms with E-state index in [4.69, 9.17) is 29.9 Å². The molecular weight excluding hydrogens is 649 g/mol. The van der Waals surface area contributed by atoms with Crippen LogP contribution in [0.25, 0.3) is 11.0 Å². The largest absolute Gasteiger partial charge is 0.477 e. The number of rotatable bonds is 14. The molecule has 1 aromatic carbocycles. The molecule has 1 atom stereocenters. The molecule has 2 saturated heterocycles. The second-order valence-corrected chi connectivity index (χ2v) is 16.2. The van der Waals surface area contributed by atoms with Gasteiger partial charge in [-0.3, -0.25) is 9.69 Å². The summed E-state index contributed by atoms with van der Waals surface area (Å²) in [6.45, 7) is 12.3. The van der Waals surface area contributed by atoms with E-state index in [1.54, 1.807) is 6.07 Å². The van der Waals surface area contributed by atoms with E-state index in [-0.39, 0.29) is 37.4 Å². The van der Waals surface area contributed by atoms with Crippen molar-refractivity contribution < 1.29 is 32.2 Å². The van der Waals surface area contributed by atoms with Crippen molar-refractivity contribution >= 4 is 16.9 Å². The Labute approximate surface area is 291 Å². The normalized spacial score (nSPS) is 25.6. The van der Waals surface area contributed by atoms with E-state index in [2.05, 4.69) is 14.8 Å². The van der Waals surface area contributed by atoms with Crippen molar-refractivity contribution in [1.29, 1.82) is 0 Å². The number of ether oxygens (including phenoxy) is 3. The number of carbonyl (C=O) groups excluding carboxylic acids is 1. The zero-order valence-corrected chi connectivity index (χ0v) is 29.4. The number of aromatic nitrogens is 3.